The van der Waals surface area contributed by atoms with Gasteiger partial charge in [0.05, 0.1) is 17.9 Å². The lowest BCUT2D eigenvalue weighted by Gasteiger charge is -2.06. The Labute approximate surface area is 98.3 Å². The molecule has 0 atom stereocenters. The Balaban J connectivity index is 2.32. The molecule has 2 heterocycles. The van der Waals surface area contributed by atoms with Gasteiger partial charge in [-0.25, -0.2) is 19.7 Å². The molecule has 0 aliphatic carbocycles. The quantitative estimate of drug-likeness (QED) is 0.742. The lowest BCUT2D eigenvalue weighted by atomic mass is 10.2. The smallest absolute Gasteiger partial charge is 0.341 e. The fourth-order valence-corrected chi connectivity index (χ4v) is 1.37. The van der Waals surface area contributed by atoms with Gasteiger partial charge in [-0.2, -0.15) is 0 Å². The van der Waals surface area contributed by atoms with Gasteiger partial charge in [-0.05, 0) is 13.8 Å². The van der Waals surface area contributed by atoms with Crippen molar-refractivity contribution in [2.45, 2.75) is 13.8 Å². The monoisotopic (exact) mass is 232 g/mol. The summed E-state index contributed by atoms with van der Waals surface area (Å²) < 4.78 is 6.57. The van der Waals surface area contributed by atoms with Gasteiger partial charge in [-0.1, -0.05) is 0 Å². The number of hydrogen-bond acceptors (Lipinski definition) is 5. The van der Waals surface area contributed by atoms with Gasteiger partial charge in [0.25, 0.3) is 0 Å². The van der Waals surface area contributed by atoms with Crippen LogP contribution in [0.2, 0.25) is 0 Å². The molecule has 2 rings (SSSR count). The van der Waals surface area contributed by atoms with Gasteiger partial charge in [-0.3, -0.25) is 4.57 Å². The van der Waals surface area contributed by atoms with E-state index < -0.39 is 5.97 Å². The van der Waals surface area contributed by atoms with Crippen molar-refractivity contribution in [1.82, 2.24) is 19.5 Å². The van der Waals surface area contributed by atoms with Gasteiger partial charge in [0.1, 0.15) is 6.33 Å². The Morgan fingerprint density at radius 1 is 1.53 bits per heavy atom. The predicted octanol–water partition coefficient (Wildman–Crippen LogP) is 1.15. The molecule has 0 radical (unpaired) electrons. The van der Waals surface area contributed by atoms with Gasteiger partial charge in [0, 0.05) is 18.6 Å². The van der Waals surface area contributed by atoms with E-state index >= 15 is 0 Å². The summed E-state index contributed by atoms with van der Waals surface area (Å²) in [6.07, 6.45) is 6.44. The molecule has 2 aromatic rings. The van der Waals surface area contributed by atoms with E-state index in [-0.39, 0.29) is 0 Å². The number of rotatable bonds is 3. The zero-order valence-corrected chi connectivity index (χ0v) is 9.62. The molecule has 6 nitrogen and oxygen atoms in total. The van der Waals surface area contributed by atoms with Crippen LogP contribution in [0.15, 0.2) is 24.9 Å². The third-order valence-corrected chi connectivity index (χ3v) is 2.20. The minimum Gasteiger partial charge on any atom is -0.462 e. The normalized spacial score (nSPS) is 10.2. The van der Waals surface area contributed by atoms with Crippen LogP contribution in [0.1, 0.15) is 23.0 Å². The van der Waals surface area contributed by atoms with Crippen LogP contribution in [0, 0.1) is 6.92 Å². The molecule has 0 saturated carbocycles. The van der Waals surface area contributed by atoms with Crippen molar-refractivity contribution in [2.75, 3.05) is 6.61 Å². The van der Waals surface area contributed by atoms with E-state index in [9.17, 15) is 4.79 Å². The van der Waals surface area contributed by atoms with Crippen molar-refractivity contribution >= 4 is 5.97 Å². The SMILES string of the molecule is CCOC(=O)c1cnc(-n2ccnc2)nc1C. The summed E-state index contributed by atoms with van der Waals surface area (Å²) in [4.78, 5) is 23.8. The van der Waals surface area contributed by atoms with Crippen molar-refractivity contribution < 1.29 is 9.53 Å². The lowest BCUT2D eigenvalue weighted by Crippen LogP contribution is -2.10. The number of aromatic nitrogens is 4. The number of esters is 1. The maximum Gasteiger partial charge on any atom is 0.341 e. The third kappa shape index (κ3) is 2.30. The summed E-state index contributed by atoms with van der Waals surface area (Å²) >= 11 is 0. The molecule has 6 heteroatoms. The summed E-state index contributed by atoms with van der Waals surface area (Å²) in [6, 6.07) is 0. The first-order chi connectivity index (χ1) is 8.22. The first-order valence-corrected chi connectivity index (χ1v) is 5.21. The highest BCUT2D eigenvalue weighted by molar-refractivity contribution is 5.90. The molecule has 0 amide bonds. The number of imidazole rings is 1. The molecule has 0 aromatic carbocycles. The summed E-state index contributed by atoms with van der Waals surface area (Å²) in [5.41, 5.74) is 0.970. The van der Waals surface area contributed by atoms with Crippen LogP contribution >= 0.6 is 0 Å². The number of hydrogen-bond donors (Lipinski definition) is 0. The molecule has 0 N–H and O–H groups in total. The fraction of sp³-hybridized carbons (Fsp3) is 0.273. The number of ether oxygens (including phenoxy) is 1. The van der Waals surface area contributed by atoms with Crippen LogP contribution in [-0.2, 0) is 4.74 Å². The molecule has 0 aliphatic heterocycles. The van der Waals surface area contributed by atoms with Gasteiger partial charge < -0.3 is 4.74 Å². The Morgan fingerprint density at radius 2 is 2.35 bits per heavy atom. The van der Waals surface area contributed by atoms with Crippen LogP contribution < -0.4 is 0 Å². The molecule has 2 aromatic heterocycles. The summed E-state index contributed by atoms with van der Waals surface area (Å²) in [5.74, 6) is 0.0789. The summed E-state index contributed by atoms with van der Waals surface area (Å²) in [5, 5.41) is 0. The average molecular weight is 232 g/mol. The van der Waals surface area contributed by atoms with Crippen LogP contribution in [0.4, 0.5) is 0 Å². The third-order valence-electron chi connectivity index (χ3n) is 2.20. The number of carbonyl (C=O) groups is 1. The Hall–Kier alpha value is -2.24. The van der Waals surface area contributed by atoms with Crippen molar-refractivity contribution in [2.24, 2.45) is 0 Å². The minimum absolute atomic E-state index is 0.335. The molecular weight excluding hydrogens is 220 g/mol. The second-order valence-electron chi connectivity index (χ2n) is 3.36. The van der Waals surface area contributed by atoms with Crippen LogP contribution in [0.3, 0.4) is 0 Å². The Kier molecular flexibility index (Phi) is 3.13. The minimum atomic E-state index is -0.401. The molecule has 0 saturated heterocycles. The van der Waals surface area contributed by atoms with Crippen LogP contribution in [0.25, 0.3) is 5.95 Å². The molecular formula is C11H12N4O2. The highest BCUT2D eigenvalue weighted by Crippen LogP contribution is 2.08. The topological polar surface area (TPSA) is 69.9 Å². The van der Waals surface area contributed by atoms with E-state index in [0.29, 0.717) is 23.8 Å². The Bertz CT molecular complexity index is 522. The van der Waals surface area contributed by atoms with Crippen molar-refractivity contribution in [3.63, 3.8) is 0 Å². The summed E-state index contributed by atoms with van der Waals surface area (Å²) in [6.45, 7) is 3.84. The molecule has 0 bridgehead atoms. The van der Waals surface area contributed by atoms with Gasteiger partial charge in [-0.15, -0.1) is 0 Å². The predicted molar refractivity (Wildman–Crippen MR) is 59.8 cm³/mol. The zero-order valence-electron chi connectivity index (χ0n) is 9.62. The van der Waals surface area contributed by atoms with Crippen molar-refractivity contribution in [3.8, 4) is 5.95 Å². The summed E-state index contributed by atoms with van der Waals surface area (Å²) in [7, 11) is 0. The van der Waals surface area contributed by atoms with Crippen LogP contribution in [-0.4, -0.2) is 32.1 Å². The van der Waals surface area contributed by atoms with E-state index in [1.54, 1.807) is 37.1 Å². The molecule has 0 unspecified atom stereocenters. The van der Waals surface area contributed by atoms with E-state index in [2.05, 4.69) is 15.0 Å². The molecule has 0 aliphatic rings. The van der Waals surface area contributed by atoms with Crippen LogP contribution in [0.5, 0.6) is 0 Å². The maximum atomic E-state index is 11.5. The van der Waals surface area contributed by atoms with E-state index in [4.69, 9.17) is 4.74 Å². The van der Waals surface area contributed by atoms with Gasteiger partial charge in [0.15, 0.2) is 0 Å². The highest BCUT2D eigenvalue weighted by Gasteiger charge is 2.12. The van der Waals surface area contributed by atoms with Crippen molar-refractivity contribution in [3.05, 3.63) is 36.2 Å². The number of aryl methyl sites for hydroxylation is 1. The molecule has 0 fully saturated rings. The van der Waals surface area contributed by atoms with E-state index in [1.807, 2.05) is 0 Å². The van der Waals surface area contributed by atoms with E-state index in [1.165, 1.54) is 6.20 Å². The number of carbonyl (C=O) groups excluding carboxylic acids is 1. The second kappa shape index (κ2) is 4.73. The lowest BCUT2D eigenvalue weighted by molar-refractivity contribution is 0.0524. The standard InChI is InChI=1S/C11H12N4O2/c1-3-17-10(16)9-6-13-11(14-8(9)2)15-5-4-12-7-15/h4-7H,3H2,1-2H3. The van der Waals surface area contributed by atoms with E-state index in [0.717, 1.165) is 0 Å². The number of nitrogens with zero attached hydrogens (tertiary/aromatic N) is 4. The maximum absolute atomic E-state index is 11.5. The first-order valence-electron chi connectivity index (χ1n) is 5.21. The molecule has 0 spiro atoms. The Morgan fingerprint density at radius 3 is 2.94 bits per heavy atom. The van der Waals surface area contributed by atoms with Crippen molar-refractivity contribution in [1.29, 1.82) is 0 Å². The first kappa shape index (κ1) is 11.3. The second-order valence-corrected chi connectivity index (χ2v) is 3.36. The average Bonchev–Trinajstić information content (AvgIpc) is 2.82. The highest BCUT2D eigenvalue weighted by atomic mass is 16.5. The zero-order chi connectivity index (χ0) is 12.3. The molecule has 17 heavy (non-hydrogen) atoms. The van der Waals surface area contributed by atoms with Gasteiger partial charge >= 0.3 is 5.97 Å². The largest absolute Gasteiger partial charge is 0.462 e. The fourth-order valence-electron chi connectivity index (χ4n) is 1.37. The molecule has 88 valence electrons. The van der Waals surface area contributed by atoms with Gasteiger partial charge in [0.2, 0.25) is 5.95 Å².